The highest BCUT2D eigenvalue weighted by molar-refractivity contribution is 7.90. The average molecular weight is 535 g/mol. The fourth-order valence-electron chi connectivity index (χ4n) is 5.55. The number of carbonyl (C=O) groups is 2. The number of fused-ring (bicyclic) bond motifs is 1. The molecule has 0 bridgehead atoms. The summed E-state index contributed by atoms with van der Waals surface area (Å²) in [7, 11) is -3.96. The number of imide groups is 1. The number of aromatic nitrogens is 1. The quantitative estimate of drug-likeness (QED) is 0.265. The summed E-state index contributed by atoms with van der Waals surface area (Å²) in [6.07, 6.45) is 1.77. The molecule has 6 rings (SSSR count). The fourth-order valence-corrected chi connectivity index (χ4v) is 6.94. The number of hydrogen-bond acceptors (Lipinski definition) is 4. The van der Waals surface area contributed by atoms with Crippen LogP contribution in [-0.4, -0.2) is 29.1 Å². The van der Waals surface area contributed by atoms with Crippen LogP contribution in [0.25, 0.3) is 10.9 Å². The Labute approximate surface area is 227 Å². The first-order chi connectivity index (χ1) is 18.9. The molecule has 5 aromatic rings. The van der Waals surface area contributed by atoms with Crippen molar-refractivity contribution in [3.63, 3.8) is 0 Å². The van der Waals surface area contributed by atoms with E-state index in [1.807, 2.05) is 72.8 Å². The fraction of sp³-hybridized carbons (Fsp3) is 0.125. The lowest BCUT2D eigenvalue weighted by Gasteiger charge is -2.27. The van der Waals surface area contributed by atoms with Gasteiger partial charge in [-0.1, -0.05) is 97.1 Å². The first-order valence-corrected chi connectivity index (χ1v) is 14.2. The Morgan fingerprint density at radius 3 is 1.92 bits per heavy atom. The van der Waals surface area contributed by atoms with E-state index in [-0.39, 0.29) is 36.1 Å². The lowest BCUT2D eigenvalue weighted by Crippen LogP contribution is -2.40. The minimum atomic E-state index is -3.96. The standard InChI is InChI=1S/C32H26N2O4S/c35-30-21-32(20-24-12-4-1-5-13-24,31(36)33(30)22-25-14-6-2-7-15-25)28-23-34(29-19-11-10-18-27(28)29)39(37,38)26-16-8-3-9-17-26/h1-19,23H,20-22H2. The van der Waals surface area contributed by atoms with Crippen molar-refractivity contribution in [3.8, 4) is 0 Å². The number of likely N-dealkylation sites (tertiary alicyclic amines) is 1. The molecule has 6 nitrogen and oxygen atoms in total. The second-order valence-corrected chi connectivity index (χ2v) is 11.7. The van der Waals surface area contributed by atoms with Crippen molar-refractivity contribution in [1.29, 1.82) is 0 Å². The molecule has 194 valence electrons. The molecule has 1 aliphatic rings. The first kappa shape index (κ1) is 24.8. The van der Waals surface area contributed by atoms with Crippen molar-refractivity contribution in [2.24, 2.45) is 0 Å². The highest BCUT2D eigenvalue weighted by atomic mass is 32.2. The number of nitrogens with zero attached hydrogens (tertiary/aromatic N) is 2. The number of benzene rings is 4. The van der Waals surface area contributed by atoms with E-state index in [0.717, 1.165) is 11.1 Å². The number of para-hydroxylation sites is 1. The second kappa shape index (κ2) is 9.67. The Bertz CT molecular complexity index is 1780. The van der Waals surface area contributed by atoms with Gasteiger partial charge in [-0.2, -0.15) is 0 Å². The zero-order chi connectivity index (χ0) is 27.0. The maximum absolute atomic E-state index is 14.4. The predicted octanol–water partition coefficient (Wildman–Crippen LogP) is 5.32. The van der Waals surface area contributed by atoms with Gasteiger partial charge in [0, 0.05) is 18.0 Å². The van der Waals surface area contributed by atoms with Crippen LogP contribution in [0.1, 0.15) is 23.1 Å². The predicted molar refractivity (Wildman–Crippen MR) is 149 cm³/mol. The van der Waals surface area contributed by atoms with E-state index in [0.29, 0.717) is 16.5 Å². The van der Waals surface area contributed by atoms with Crippen molar-refractivity contribution in [1.82, 2.24) is 8.87 Å². The van der Waals surface area contributed by atoms with Gasteiger partial charge in [-0.05, 0) is 41.3 Å². The summed E-state index contributed by atoms with van der Waals surface area (Å²) in [5, 5.41) is 0.635. The van der Waals surface area contributed by atoms with E-state index in [4.69, 9.17) is 0 Å². The summed E-state index contributed by atoms with van der Waals surface area (Å²) in [6.45, 7) is 0.163. The lowest BCUT2D eigenvalue weighted by molar-refractivity contribution is -0.140. The number of rotatable bonds is 7. The molecule has 1 unspecified atom stereocenters. The third kappa shape index (κ3) is 4.25. The average Bonchev–Trinajstić information content (AvgIpc) is 3.47. The van der Waals surface area contributed by atoms with Crippen LogP contribution in [0.5, 0.6) is 0 Å². The van der Waals surface area contributed by atoms with Gasteiger partial charge in [0.15, 0.2) is 0 Å². The van der Waals surface area contributed by atoms with Gasteiger partial charge in [0.2, 0.25) is 11.8 Å². The molecule has 1 aliphatic heterocycles. The van der Waals surface area contributed by atoms with E-state index >= 15 is 0 Å². The zero-order valence-corrected chi connectivity index (χ0v) is 21.9. The molecule has 0 N–H and O–H groups in total. The van der Waals surface area contributed by atoms with E-state index in [1.165, 1.54) is 8.87 Å². The smallest absolute Gasteiger partial charge is 0.268 e. The molecule has 39 heavy (non-hydrogen) atoms. The van der Waals surface area contributed by atoms with E-state index < -0.39 is 15.4 Å². The van der Waals surface area contributed by atoms with Gasteiger partial charge < -0.3 is 0 Å². The summed E-state index contributed by atoms with van der Waals surface area (Å²) in [5.41, 5.74) is 1.48. The highest BCUT2D eigenvalue weighted by Crippen LogP contribution is 2.44. The van der Waals surface area contributed by atoms with Crippen LogP contribution >= 0.6 is 0 Å². The van der Waals surface area contributed by atoms with Gasteiger partial charge in [-0.15, -0.1) is 0 Å². The highest BCUT2D eigenvalue weighted by Gasteiger charge is 2.54. The summed E-state index contributed by atoms with van der Waals surface area (Å²) >= 11 is 0. The molecular weight excluding hydrogens is 508 g/mol. The molecule has 0 spiro atoms. The van der Waals surface area contributed by atoms with E-state index in [9.17, 15) is 18.0 Å². The molecule has 2 amide bonds. The number of hydrogen-bond donors (Lipinski definition) is 0. The SMILES string of the molecule is O=C1CC(Cc2ccccc2)(c2cn(S(=O)(=O)c3ccccc3)c3ccccc23)C(=O)N1Cc1ccccc1. The van der Waals surface area contributed by atoms with Crippen molar-refractivity contribution < 1.29 is 18.0 Å². The third-order valence-electron chi connectivity index (χ3n) is 7.43. The van der Waals surface area contributed by atoms with Gasteiger partial charge in [-0.3, -0.25) is 14.5 Å². The van der Waals surface area contributed by atoms with Gasteiger partial charge in [0.1, 0.15) is 0 Å². The van der Waals surface area contributed by atoms with Crippen molar-refractivity contribution in [3.05, 3.63) is 138 Å². The van der Waals surface area contributed by atoms with Crippen LogP contribution < -0.4 is 0 Å². The Hall–Kier alpha value is -4.49. The Morgan fingerprint density at radius 2 is 1.26 bits per heavy atom. The molecular formula is C32H26N2O4S. The molecule has 1 fully saturated rings. The molecule has 7 heteroatoms. The Balaban J connectivity index is 1.55. The van der Waals surface area contributed by atoms with Gasteiger partial charge in [0.05, 0.1) is 22.4 Å². The summed E-state index contributed by atoms with van der Waals surface area (Å²) in [4.78, 5) is 29.3. The largest absolute Gasteiger partial charge is 0.277 e. The Kier molecular flexibility index (Phi) is 6.16. The molecule has 1 saturated heterocycles. The van der Waals surface area contributed by atoms with Crippen LogP contribution in [0.3, 0.4) is 0 Å². The molecule has 2 heterocycles. The topological polar surface area (TPSA) is 76.5 Å². The number of amides is 2. The van der Waals surface area contributed by atoms with Crippen LogP contribution in [0.4, 0.5) is 0 Å². The first-order valence-electron chi connectivity index (χ1n) is 12.7. The van der Waals surface area contributed by atoms with Crippen molar-refractivity contribution in [2.75, 3.05) is 0 Å². The van der Waals surface area contributed by atoms with Gasteiger partial charge >= 0.3 is 0 Å². The molecule has 0 radical (unpaired) electrons. The van der Waals surface area contributed by atoms with Crippen LogP contribution in [0.15, 0.2) is 126 Å². The molecule has 0 saturated carbocycles. The summed E-state index contributed by atoms with van der Waals surface area (Å²) in [5.74, 6) is -0.595. The molecule has 1 aromatic heterocycles. The minimum absolute atomic E-state index is 0.0487. The van der Waals surface area contributed by atoms with Crippen molar-refractivity contribution in [2.45, 2.75) is 29.7 Å². The second-order valence-electron chi connectivity index (χ2n) is 9.87. The molecule has 1 atom stereocenters. The third-order valence-corrected chi connectivity index (χ3v) is 9.12. The maximum atomic E-state index is 14.4. The van der Waals surface area contributed by atoms with Gasteiger partial charge in [0.25, 0.3) is 10.0 Å². The van der Waals surface area contributed by atoms with Crippen LogP contribution in [-0.2, 0) is 38.0 Å². The number of carbonyl (C=O) groups excluding carboxylic acids is 2. The summed E-state index contributed by atoms with van der Waals surface area (Å²) in [6, 6.07) is 34.3. The van der Waals surface area contributed by atoms with Gasteiger partial charge in [-0.25, -0.2) is 12.4 Å². The zero-order valence-electron chi connectivity index (χ0n) is 21.1. The Morgan fingerprint density at radius 1 is 0.692 bits per heavy atom. The normalized spacial score (nSPS) is 17.7. The van der Waals surface area contributed by atoms with E-state index in [2.05, 4.69) is 0 Å². The lowest BCUT2D eigenvalue weighted by atomic mass is 9.74. The van der Waals surface area contributed by atoms with Crippen LogP contribution in [0.2, 0.25) is 0 Å². The maximum Gasteiger partial charge on any atom is 0.268 e. The molecule has 4 aromatic carbocycles. The summed E-state index contributed by atoms with van der Waals surface area (Å²) < 4.78 is 28.8. The van der Waals surface area contributed by atoms with Crippen LogP contribution in [0, 0.1) is 0 Å². The monoisotopic (exact) mass is 534 g/mol. The van der Waals surface area contributed by atoms with Crippen molar-refractivity contribution >= 4 is 32.7 Å². The van der Waals surface area contributed by atoms with E-state index in [1.54, 1.807) is 48.7 Å². The molecule has 0 aliphatic carbocycles. The minimum Gasteiger partial charge on any atom is -0.277 e.